The van der Waals surface area contributed by atoms with Gasteiger partial charge in [-0.15, -0.1) is 0 Å². The number of fused-ring (bicyclic) bond motifs is 5. The SMILES string of the molecule is CC(CCC(=O)NC(CCCN=C(N)N)C(=O)O)C1CCC2C3CCC4CC(O)CCC4(C)C3CC(O)C12C. The Kier molecular flexibility index (Phi) is 9.21. The van der Waals surface area contributed by atoms with Gasteiger partial charge in [-0.3, -0.25) is 9.79 Å². The number of carboxylic acids is 1. The Hall–Kier alpha value is -1.87. The van der Waals surface area contributed by atoms with Gasteiger partial charge in [0.25, 0.3) is 0 Å². The fourth-order valence-corrected chi connectivity index (χ4v) is 9.75. The van der Waals surface area contributed by atoms with Crippen LogP contribution in [-0.2, 0) is 9.59 Å². The monoisotopic (exact) mass is 548 g/mol. The summed E-state index contributed by atoms with van der Waals surface area (Å²) in [5, 5.41) is 34.2. The number of carboxylic acid groups (broad SMARTS) is 1. The molecule has 222 valence electrons. The van der Waals surface area contributed by atoms with E-state index in [0.29, 0.717) is 49.0 Å². The van der Waals surface area contributed by atoms with Gasteiger partial charge in [-0.2, -0.15) is 0 Å². The third-order valence-electron chi connectivity index (χ3n) is 11.9. The van der Waals surface area contributed by atoms with E-state index in [9.17, 15) is 24.9 Å². The number of amides is 1. The summed E-state index contributed by atoms with van der Waals surface area (Å²) in [5.74, 6) is 1.50. The quantitative estimate of drug-likeness (QED) is 0.138. The zero-order valence-electron chi connectivity index (χ0n) is 24.1. The number of aliphatic hydroxyl groups is 2. The molecule has 8 N–H and O–H groups in total. The van der Waals surface area contributed by atoms with Crippen LogP contribution in [0.4, 0.5) is 0 Å². The summed E-state index contributed by atoms with van der Waals surface area (Å²) in [7, 11) is 0. The van der Waals surface area contributed by atoms with E-state index in [0.717, 1.165) is 38.5 Å². The van der Waals surface area contributed by atoms with Crippen molar-refractivity contribution in [3.05, 3.63) is 0 Å². The molecule has 4 saturated carbocycles. The van der Waals surface area contributed by atoms with Crippen LogP contribution in [0.5, 0.6) is 0 Å². The Morgan fingerprint density at radius 2 is 1.77 bits per heavy atom. The molecule has 0 aliphatic heterocycles. The first kappa shape index (κ1) is 30.1. The van der Waals surface area contributed by atoms with Gasteiger partial charge >= 0.3 is 5.97 Å². The van der Waals surface area contributed by atoms with Gasteiger partial charge in [0.15, 0.2) is 5.96 Å². The minimum absolute atomic E-state index is 0.0305. The van der Waals surface area contributed by atoms with Crippen LogP contribution in [0.25, 0.3) is 0 Å². The zero-order valence-corrected chi connectivity index (χ0v) is 24.1. The summed E-state index contributed by atoms with van der Waals surface area (Å²) in [6.07, 6.45) is 9.49. The number of nitrogens with two attached hydrogens (primary N) is 2. The van der Waals surface area contributed by atoms with Gasteiger partial charge in [-0.05, 0) is 117 Å². The highest BCUT2D eigenvalue weighted by Gasteiger charge is 2.63. The highest BCUT2D eigenvalue weighted by Crippen LogP contribution is 2.68. The number of carbonyl (C=O) groups is 2. The van der Waals surface area contributed by atoms with Crippen LogP contribution in [0.15, 0.2) is 4.99 Å². The summed E-state index contributed by atoms with van der Waals surface area (Å²) in [5.41, 5.74) is 10.7. The Balaban J connectivity index is 1.35. The fraction of sp³-hybridized carbons (Fsp3) is 0.900. The summed E-state index contributed by atoms with van der Waals surface area (Å²) < 4.78 is 0. The lowest BCUT2D eigenvalue weighted by Crippen LogP contribution is -2.58. The molecule has 4 fully saturated rings. The second-order valence-electron chi connectivity index (χ2n) is 13.8. The maximum atomic E-state index is 12.7. The number of nitrogens with zero attached hydrogens (tertiary/aromatic N) is 1. The summed E-state index contributed by atoms with van der Waals surface area (Å²) in [6, 6.07) is -0.954. The third kappa shape index (κ3) is 5.95. The molecule has 1 amide bonds. The van der Waals surface area contributed by atoms with Gasteiger partial charge in [0, 0.05) is 13.0 Å². The molecule has 0 heterocycles. The summed E-state index contributed by atoms with van der Waals surface area (Å²) in [6.45, 7) is 7.28. The van der Waals surface area contributed by atoms with E-state index in [1.54, 1.807) is 0 Å². The predicted octanol–water partition coefficient (Wildman–Crippen LogP) is 3.02. The van der Waals surface area contributed by atoms with Gasteiger partial charge in [-0.25, -0.2) is 4.79 Å². The van der Waals surface area contributed by atoms with Crippen LogP contribution >= 0.6 is 0 Å². The Morgan fingerprint density at radius 3 is 2.46 bits per heavy atom. The normalized spacial score (nSPS) is 40.9. The molecular formula is C30H52N4O5. The number of hydrogen-bond donors (Lipinski definition) is 6. The van der Waals surface area contributed by atoms with Gasteiger partial charge in [0.05, 0.1) is 12.2 Å². The molecule has 4 rings (SSSR count). The van der Waals surface area contributed by atoms with Gasteiger partial charge in [-0.1, -0.05) is 20.8 Å². The maximum absolute atomic E-state index is 12.7. The molecule has 0 aromatic heterocycles. The molecular weight excluding hydrogens is 496 g/mol. The van der Waals surface area contributed by atoms with Crippen molar-refractivity contribution in [1.82, 2.24) is 5.32 Å². The standard InChI is InChI=1S/C30H52N4O5/c1-17(6-11-26(37)34-24(27(38)39)5-4-14-33-28(31)32)21-9-10-22-20-8-7-18-15-19(35)12-13-29(18,2)23(20)16-25(36)30(21,22)3/h17-25,35-36H,4-16H2,1-3H3,(H,34,37)(H,38,39)(H4,31,32,33). The van der Waals surface area contributed by atoms with Gasteiger partial charge < -0.3 is 32.1 Å². The van der Waals surface area contributed by atoms with E-state index in [2.05, 4.69) is 31.1 Å². The van der Waals surface area contributed by atoms with Crippen LogP contribution in [0.3, 0.4) is 0 Å². The highest BCUT2D eigenvalue weighted by molar-refractivity contribution is 5.83. The van der Waals surface area contributed by atoms with Crippen molar-refractivity contribution in [1.29, 1.82) is 0 Å². The average molecular weight is 549 g/mol. The van der Waals surface area contributed by atoms with E-state index < -0.39 is 12.0 Å². The van der Waals surface area contributed by atoms with Crippen molar-refractivity contribution in [3.8, 4) is 0 Å². The maximum Gasteiger partial charge on any atom is 0.326 e. The van der Waals surface area contributed by atoms with Crippen molar-refractivity contribution in [2.24, 2.45) is 62.8 Å². The first-order valence-electron chi connectivity index (χ1n) is 15.3. The van der Waals surface area contributed by atoms with Gasteiger partial charge in [0.1, 0.15) is 6.04 Å². The first-order chi connectivity index (χ1) is 18.4. The van der Waals surface area contributed by atoms with Crippen LogP contribution in [-0.4, -0.2) is 58.0 Å². The first-order valence-corrected chi connectivity index (χ1v) is 15.3. The van der Waals surface area contributed by atoms with Crippen LogP contribution in [0, 0.1) is 46.3 Å². The number of aliphatic hydroxyl groups excluding tert-OH is 2. The number of aliphatic imine (C=N–C) groups is 1. The molecule has 9 nitrogen and oxygen atoms in total. The fourth-order valence-electron chi connectivity index (χ4n) is 9.75. The van der Waals surface area contributed by atoms with E-state index in [1.165, 1.54) is 12.8 Å². The minimum atomic E-state index is -1.05. The van der Waals surface area contributed by atoms with Crippen LogP contribution in [0.1, 0.15) is 97.8 Å². The van der Waals surface area contributed by atoms with E-state index in [-0.39, 0.29) is 53.7 Å². The molecule has 11 atom stereocenters. The van der Waals surface area contributed by atoms with Crippen LogP contribution < -0.4 is 16.8 Å². The lowest BCUT2D eigenvalue weighted by molar-refractivity contribution is -0.175. The summed E-state index contributed by atoms with van der Waals surface area (Å²) in [4.78, 5) is 28.2. The number of carbonyl (C=O) groups excluding carboxylic acids is 1. The van der Waals surface area contributed by atoms with E-state index in [4.69, 9.17) is 11.5 Å². The summed E-state index contributed by atoms with van der Waals surface area (Å²) >= 11 is 0. The molecule has 4 aliphatic carbocycles. The van der Waals surface area contributed by atoms with Crippen molar-refractivity contribution in [2.45, 2.75) is 116 Å². The second-order valence-corrected chi connectivity index (χ2v) is 13.8. The number of aliphatic carboxylic acids is 1. The largest absolute Gasteiger partial charge is 0.480 e. The number of guanidine groups is 1. The van der Waals surface area contributed by atoms with Crippen molar-refractivity contribution >= 4 is 17.8 Å². The molecule has 4 aliphatic rings. The number of hydrogen-bond acceptors (Lipinski definition) is 5. The predicted molar refractivity (Wildman–Crippen MR) is 150 cm³/mol. The molecule has 11 unspecified atom stereocenters. The average Bonchev–Trinajstić information content (AvgIpc) is 3.24. The van der Waals surface area contributed by atoms with Crippen LogP contribution in [0.2, 0.25) is 0 Å². The smallest absolute Gasteiger partial charge is 0.326 e. The molecule has 39 heavy (non-hydrogen) atoms. The molecule has 0 radical (unpaired) electrons. The minimum Gasteiger partial charge on any atom is -0.480 e. The molecule has 0 aromatic carbocycles. The van der Waals surface area contributed by atoms with E-state index >= 15 is 0 Å². The zero-order chi connectivity index (χ0) is 28.5. The van der Waals surface area contributed by atoms with Gasteiger partial charge in [0.2, 0.25) is 5.91 Å². The van der Waals surface area contributed by atoms with Crippen molar-refractivity contribution < 1.29 is 24.9 Å². The lowest BCUT2D eigenvalue weighted by atomic mass is 9.43. The highest BCUT2D eigenvalue weighted by atomic mass is 16.4. The number of nitrogens with one attached hydrogen (secondary N) is 1. The second kappa shape index (κ2) is 11.9. The van der Waals surface area contributed by atoms with Crippen molar-refractivity contribution in [2.75, 3.05) is 6.54 Å². The number of rotatable bonds is 10. The Morgan fingerprint density at radius 1 is 1.03 bits per heavy atom. The molecule has 0 bridgehead atoms. The Labute approximate surface area is 233 Å². The molecule has 0 saturated heterocycles. The topological polar surface area (TPSA) is 171 Å². The third-order valence-corrected chi connectivity index (χ3v) is 11.9. The van der Waals surface area contributed by atoms with E-state index in [1.807, 2.05) is 0 Å². The molecule has 9 heteroatoms. The Bertz CT molecular complexity index is 925. The molecule has 0 aromatic rings. The molecule has 0 spiro atoms. The van der Waals surface area contributed by atoms with Crippen molar-refractivity contribution in [3.63, 3.8) is 0 Å². The lowest BCUT2D eigenvalue weighted by Gasteiger charge is -2.62.